The molecule has 0 spiro atoms. The van der Waals surface area contributed by atoms with Gasteiger partial charge in [0.05, 0.1) is 23.7 Å². The van der Waals surface area contributed by atoms with Crippen LogP contribution in [0.1, 0.15) is 16.3 Å². The largest absolute Gasteiger partial charge is 0.391 e. The third-order valence-electron chi connectivity index (χ3n) is 2.21. The minimum absolute atomic E-state index is 0.0491. The zero-order chi connectivity index (χ0) is 13.2. The SMILES string of the molecule is Cc1cc(CNS(=O)(=O)c2csc(CO)c2)on1. The number of nitrogens with one attached hydrogen (secondary N) is 1. The van der Waals surface area contributed by atoms with Crippen molar-refractivity contribution in [2.75, 3.05) is 0 Å². The van der Waals surface area contributed by atoms with Gasteiger partial charge in [-0.15, -0.1) is 11.3 Å². The predicted molar refractivity (Wildman–Crippen MR) is 65.5 cm³/mol. The van der Waals surface area contributed by atoms with Crippen LogP contribution >= 0.6 is 11.3 Å². The van der Waals surface area contributed by atoms with E-state index in [-0.39, 0.29) is 18.0 Å². The van der Waals surface area contributed by atoms with Crippen LogP contribution in [0, 0.1) is 6.92 Å². The molecule has 8 heteroatoms. The maximum Gasteiger partial charge on any atom is 0.241 e. The van der Waals surface area contributed by atoms with Gasteiger partial charge in [0, 0.05) is 16.3 Å². The number of thiophene rings is 1. The number of sulfonamides is 1. The first-order valence-electron chi connectivity index (χ1n) is 5.11. The molecule has 0 saturated heterocycles. The molecule has 0 radical (unpaired) electrons. The molecule has 2 rings (SSSR count). The van der Waals surface area contributed by atoms with Crippen molar-refractivity contribution >= 4 is 21.4 Å². The first-order valence-corrected chi connectivity index (χ1v) is 7.47. The summed E-state index contributed by atoms with van der Waals surface area (Å²) in [7, 11) is -3.58. The van der Waals surface area contributed by atoms with E-state index in [0.717, 1.165) is 0 Å². The second-order valence-corrected chi connectivity index (χ2v) is 6.43. The van der Waals surface area contributed by atoms with Crippen LogP contribution in [0.2, 0.25) is 0 Å². The number of aryl methyl sites for hydroxylation is 1. The maximum atomic E-state index is 11.9. The molecule has 6 nitrogen and oxygen atoms in total. The summed E-state index contributed by atoms with van der Waals surface area (Å²) in [5, 5.41) is 14.1. The van der Waals surface area contributed by atoms with Crippen LogP contribution < -0.4 is 4.72 Å². The van der Waals surface area contributed by atoms with Gasteiger partial charge in [-0.2, -0.15) is 0 Å². The Kier molecular flexibility index (Phi) is 3.81. The summed E-state index contributed by atoms with van der Waals surface area (Å²) in [6, 6.07) is 3.11. The van der Waals surface area contributed by atoms with Gasteiger partial charge in [0.2, 0.25) is 10.0 Å². The fourth-order valence-corrected chi connectivity index (χ4v) is 3.46. The second-order valence-electron chi connectivity index (χ2n) is 3.67. The fourth-order valence-electron chi connectivity index (χ4n) is 1.33. The van der Waals surface area contributed by atoms with Gasteiger partial charge in [-0.3, -0.25) is 0 Å². The average Bonchev–Trinajstić information content (AvgIpc) is 2.95. The van der Waals surface area contributed by atoms with Gasteiger partial charge in [-0.05, 0) is 13.0 Å². The highest BCUT2D eigenvalue weighted by Gasteiger charge is 2.16. The monoisotopic (exact) mass is 288 g/mol. The van der Waals surface area contributed by atoms with E-state index >= 15 is 0 Å². The molecule has 0 aliphatic heterocycles. The lowest BCUT2D eigenvalue weighted by molar-refractivity contribution is 0.285. The van der Waals surface area contributed by atoms with Crippen LogP contribution in [0.4, 0.5) is 0 Å². The topological polar surface area (TPSA) is 92.4 Å². The highest BCUT2D eigenvalue weighted by molar-refractivity contribution is 7.89. The van der Waals surface area contributed by atoms with Crippen molar-refractivity contribution in [1.82, 2.24) is 9.88 Å². The third kappa shape index (κ3) is 2.96. The van der Waals surface area contributed by atoms with E-state index in [1.54, 1.807) is 13.0 Å². The number of aliphatic hydroxyl groups excluding tert-OH is 1. The first kappa shape index (κ1) is 13.2. The van der Waals surface area contributed by atoms with Gasteiger partial charge in [0.1, 0.15) is 0 Å². The number of rotatable bonds is 5. The minimum atomic E-state index is -3.58. The Hall–Kier alpha value is -1.22. The van der Waals surface area contributed by atoms with Crippen molar-refractivity contribution < 1.29 is 18.0 Å². The molecule has 0 unspecified atom stereocenters. The Morgan fingerprint density at radius 2 is 2.28 bits per heavy atom. The van der Waals surface area contributed by atoms with E-state index < -0.39 is 10.0 Å². The molecule has 0 aromatic carbocycles. The van der Waals surface area contributed by atoms with Gasteiger partial charge < -0.3 is 9.63 Å². The number of hydrogen-bond donors (Lipinski definition) is 2. The van der Waals surface area contributed by atoms with Crippen LogP contribution in [0.5, 0.6) is 0 Å². The summed E-state index contributed by atoms with van der Waals surface area (Å²) >= 11 is 1.20. The molecule has 2 N–H and O–H groups in total. The van der Waals surface area contributed by atoms with Crippen molar-refractivity contribution in [2.24, 2.45) is 0 Å². The standard InChI is InChI=1S/C10H12N2O4S2/c1-7-2-8(16-12-7)4-11-18(14,15)10-3-9(5-13)17-6-10/h2-3,6,11,13H,4-5H2,1H3. The molecule has 0 amide bonds. The van der Waals surface area contributed by atoms with E-state index in [1.807, 2.05) is 0 Å². The van der Waals surface area contributed by atoms with Gasteiger partial charge in [0.15, 0.2) is 5.76 Å². The van der Waals surface area contributed by atoms with Gasteiger partial charge >= 0.3 is 0 Å². The number of nitrogens with zero attached hydrogens (tertiary/aromatic N) is 1. The van der Waals surface area contributed by atoms with E-state index in [2.05, 4.69) is 9.88 Å². The van der Waals surface area contributed by atoms with Crippen molar-refractivity contribution in [3.63, 3.8) is 0 Å². The Bertz CT molecular complexity index is 630. The van der Waals surface area contributed by atoms with Crippen molar-refractivity contribution in [2.45, 2.75) is 25.0 Å². The lowest BCUT2D eigenvalue weighted by atomic mass is 10.4. The Labute approximate surface area is 108 Å². The van der Waals surface area contributed by atoms with Crippen LogP contribution in [-0.2, 0) is 23.2 Å². The zero-order valence-electron chi connectivity index (χ0n) is 9.58. The van der Waals surface area contributed by atoms with Crippen molar-refractivity contribution in [3.8, 4) is 0 Å². The molecule has 0 aliphatic rings. The molecular formula is C10H12N2O4S2. The Morgan fingerprint density at radius 3 is 2.83 bits per heavy atom. The maximum absolute atomic E-state index is 11.9. The summed E-state index contributed by atoms with van der Waals surface area (Å²) in [6.45, 7) is 1.64. The highest BCUT2D eigenvalue weighted by Crippen LogP contribution is 2.19. The Balaban J connectivity index is 2.07. The normalized spacial score (nSPS) is 11.9. The van der Waals surface area contributed by atoms with E-state index in [1.165, 1.54) is 22.8 Å². The third-order valence-corrected chi connectivity index (χ3v) is 4.66. The molecule has 2 heterocycles. The summed E-state index contributed by atoms with van der Waals surface area (Å²) in [6.07, 6.45) is 0. The van der Waals surface area contributed by atoms with Crippen LogP contribution in [0.3, 0.4) is 0 Å². The smallest absolute Gasteiger partial charge is 0.241 e. The van der Waals surface area contributed by atoms with Gasteiger partial charge in [-0.1, -0.05) is 5.16 Å². The van der Waals surface area contributed by atoms with Crippen molar-refractivity contribution in [1.29, 1.82) is 0 Å². The van der Waals surface area contributed by atoms with Crippen LogP contribution in [0.25, 0.3) is 0 Å². The van der Waals surface area contributed by atoms with E-state index in [4.69, 9.17) is 9.63 Å². The van der Waals surface area contributed by atoms with Crippen LogP contribution in [-0.4, -0.2) is 18.7 Å². The first-order chi connectivity index (χ1) is 8.51. The molecule has 0 saturated carbocycles. The summed E-state index contributed by atoms with van der Waals surface area (Å²) in [5.41, 5.74) is 0.697. The molecule has 0 atom stereocenters. The van der Waals surface area contributed by atoms with E-state index in [0.29, 0.717) is 16.3 Å². The zero-order valence-corrected chi connectivity index (χ0v) is 11.2. The average molecular weight is 288 g/mol. The predicted octanol–water partition coefficient (Wildman–Crippen LogP) is 1.02. The number of aromatic nitrogens is 1. The summed E-state index contributed by atoms with van der Waals surface area (Å²) < 4.78 is 31.1. The van der Waals surface area contributed by atoms with Crippen molar-refractivity contribution in [3.05, 3.63) is 33.8 Å². The number of hydrogen-bond acceptors (Lipinski definition) is 6. The van der Waals surface area contributed by atoms with Crippen LogP contribution in [0.15, 0.2) is 26.9 Å². The highest BCUT2D eigenvalue weighted by atomic mass is 32.2. The molecule has 98 valence electrons. The lowest BCUT2D eigenvalue weighted by Gasteiger charge is -2.01. The van der Waals surface area contributed by atoms with Gasteiger partial charge in [0.25, 0.3) is 0 Å². The molecule has 0 aliphatic carbocycles. The second kappa shape index (κ2) is 5.19. The lowest BCUT2D eigenvalue weighted by Crippen LogP contribution is -2.22. The number of aliphatic hydroxyl groups is 1. The molecule has 18 heavy (non-hydrogen) atoms. The minimum Gasteiger partial charge on any atom is -0.391 e. The summed E-state index contributed by atoms with van der Waals surface area (Å²) in [4.78, 5) is 0.749. The summed E-state index contributed by atoms with van der Waals surface area (Å²) in [5.74, 6) is 0.452. The molecular weight excluding hydrogens is 276 g/mol. The molecule has 0 fully saturated rings. The Morgan fingerprint density at radius 1 is 1.50 bits per heavy atom. The van der Waals surface area contributed by atoms with Gasteiger partial charge in [-0.25, -0.2) is 13.1 Å². The quantitative estimate of drug-likeness (QED) is 0.856. The molecule has 2 aromatic rings. The molecule has 2 aromatic heterocycles. The van der Waals surface area contributed by atoms with E-state index in [9.17, 15) is 8.42 Å². The fraction of sp³-hybridized carbons (Fsp3) is 0.300. The molecule has 0 bridgehead atoms.